The van der Waals surface area contributed by atoms with Gasteiger partial charge in [0, 0.05) is 17.6 Å². The predicted molar refractivity (Wildman–Crippen MR) is 86.5 cm³/mol. The summed E-state index contributed by atoms with van der Waals surface area (Å²) in [6.45, 7) is 5.73. The minimum absolute atomic E-state index is 0.0442. The van der Waals surface area contributed by atoms with E-state index in [4.69, 9.17) is 0 Å². The second-order valence-corrected chi connectivity index (χ2v) is 6.16. The molecular formula is C16H21N3OS. The normalized spacial score (nSPS) is 10.9. The number of amides is 1. The van der Waals surface area contributed by atoms with Crippen LogP contribution in [0.1, 0.15) is 29.9 Å². The first-order valence-electron chi connectivity index (χ1n) is 7.02. The molecule has 1 N–H and O–H groups in total. The quantitative estimate of drug-likeness (QED) is 0.834. The van der Waals surface area contributed by atoms with Crippen molar-refractivity contribution in [2.75, 3.05) is 6.26 Å². The van der Waals surface area contributed by atoms with Gasteiger partial charge in [-0.05, 0) is 24.3 Å². The summed E-state index contributed by atoms with van der Waals surface area (Å²) < 4.78 is 2.09. The van der Waals surface area contributed by atoms with Crippen LogP contribution in [0.15, 0.2) is 41.7 Å². The molecular weight excluding hydrogens is 282 g/mol. The van der Waals surface area contributed by atoms with Crippen LogP contribution in [0.25, 0.3) is 0 Å². The molecule has 2 rings (SSSR count). The molecule has 21 heavy (non-hydrogen) atoms. The summed E-state index contributed by atoms with van der Waals surface area (Å²) in [5.41, 5.74) is 1.75. The lowest BCUT2D eigenvalue weighted by Gasteiger charge is -2.12. The van der Waals surface area contributed by atoms with E-state index in [-0.39, 0.29) is 5.91 Å². The van der Waals surface area contributed by atoms with Gasteiger partial charge < -0.3 is 9.88 Å². The van der Waals surface area contributed by atoms with Gasteiger partial charge in [-0.3, -0.25) is 4.79 Å². The number of imidazole rings is 1. The Balaban J connectivity index is 2.03. The van der Waals surface area contributed by atoms with Gasteiger partial charge in [0.2, 0.25) is 0 Å². The van der Waals surface area contributed by atoms with Crippen LogP contribution in [-0.4, -0.2) is 21.7 Å². The fourth-order valence-corrected chi connectivity index (χ4v) is 2.75. The number of hydrogen-bond donors (Lipinski definition) is 1. The summed E-state index contributed by atoms with van der Waals surface area (Å²) in [6.07, 6.45) is 5.60. The smallest absolute Gasteiger partial charge is 0.252 e. The van der Waals surface area contributed by atoms with E-state index < -0.39 is 0 Å². The fraction of sp³-hybridized carbons (Fsp3) is 0.375. The van der Waals surface area contributed by atoms with Crippen molar-refractivity contribution in [3.63, 3.8) is 0 Å². The maximum Gasteiger partial charge on any atom is 0.252 e. The van der Waals surface area contributed by atoms with E-state index in [9.17, 15) is 4.79 Å². The highest BCUT2D eigenvalue weighted by molar-refractivity contribution is 7.98. The van der Waals surface area contributed by atoms with Crippen LogP contribution < -0.4 is 5.32 Å². The van der Waals surface area contributed by atoms with E-state index >= 15 is 0 Å². The first-order chi connectivity index (χ1) is 10.1. The van der Waals surface area contributed by atoms with Gasteiger partial charge in [0.15, 0.2) is 0 Å². The second kappa shape index (κ2) is 7.31. The van der Waals surface area contributed by atoms with Gasteiger partial charge in [0.1, 0.15) is 0 Å². The number of hydrogen-bond acceptors (Lipinski definition) is 3. The Kier molecular flexibility index (Phi) is 5.44. The predicted octanol–water partition coefficient (Wildman–Crippen LogP) is 3.19. The number of nitrogens with one attached hydrogen (secondary N) is 1. The van der Waals surface area contributed by atoms with Gasteiger partial charge in [-0.1, -0.05) is 26.0 Å². The summed E-state index contributed by atoms with van der Waals surface area (Å²) in [7, 11) is 0. The minimum atomic E-state index is -0.0442. The third-order valence-electron chi connectivity index (χ3n) is 3.14. The molecule has 0 saturated carbocycles. The molecule has 0 spiro atoms. The number of thioether (sulfide) groups is 1. The van der Waals surface area contributed by atoms with Crippen molar-refractivity contribution < 1.29 is 4.79 Å². The molecule has 112 valence electrons. The van der Waals surface area contributed by atoms with Gasteiger partial charge in [-0.25, -0.2) is 4.98 Å². The van der Waals surface area contributed by atoms with Crippen molar-refractivity contribution in [3.05, 3.63) is 48.0 Å². The number of carbonyl (C=O) groups excluding carboxylic acids is 1. The Bertz CT molecular complexity index is 607. The molecule has 0 radical (unpaired) electrons. The molecule has 0 aliphatic rings. The molecule has 0 fully saturated rings. The monoisotopic (exact) mass is 303 g/mol. The highest BCUT2D eigenvalue weighted by Gasteiger charge is 2.11. The van der Waals surface area contributed by atoms with Crippen LogP contribution in [0, 0.1) is 5.92 Å². The van der Waals surface area contributed by atoms with Crippen molar-refractivity contribution in [2.24, 2.45) is 5.92 Å². The maximum absolute atomic E-state index is 12.3. The van der Waals surface area contributed by atoms with Crippen LogP contribution >= 0.6 is 11.8 Å². The van der Waals surface area contributed by atoms with E-state index in [1.807, 2.05) is 43.0 Å². The van der Waals surface area contributed by atoms with E-state index in [1.165, 1.54) is 0 Å². The molecule has 5 heteroatoms. The fourth-order valence-electron chi connectivity index (χ4n) is 2.15. The topological polar surface area (TPSA) is 46.9 Å². The Labute approximate surface area is 130 Å². The van der Waals surface area contributed by atoms with E-state index in [1.54, 1.807) is 11.8 Å². The molecule has 0 saturated heterocycles. The molecule has 0 unspecified atom stereocenters. The zero-order valence-corrected chi connectivity index (χ0v) is 13.5. The Hall–Kier alpha value is -1.75. The molecule has 0 atom stereocenters. The number of rotatable bonds is 6. The van der Waals surface area contributed by atoms with Crippen molar-refractivity contribution in [1.82, 2.24) is 14.9 Å². The van der Waals surface area contributed by atoms with Crippen molar-refractivity contribution in [1.29, 1.82) is 0 Å². The van der Waals surface area contributed by atoms with E-state index in [0.717, 1.165) is 22.7 Å². The summed E-state index contributed by atoms with van der Waals surface area (Å²) in [4.78, 5) is 17.5. The number of nitrogens with zero attached hydrogens (tertiary/aromatic N) is 2. The Morgan fingerprint density at radius 1 is 1.38 bits per heavy atom. The Morgan fingerprint density at radius 2 is 2.14 bits per heavy atom. The molecule has 0 aliphatic carbocycles. The van der Waals surface area contributed by atoms with Gasteiger partial charge in [0.25, 0.3) is 5.91 Å². The van der Waals surface area contributed by atoms with Gasteiger partial charge >= 0.3 is 0 Å². The molecule has 4 nitrogen and oxygen atoms in total. The van der Waals surface area contributed by atoms with Crippen LogP contribution in [0.3, 0.4) is 0 Å². The molecule has 1 aromatic heterocycles. The van der Waals surface area contributed by atoms with Crippen LogP contribution in [0.2, 0.25) is 0 Å². The van der Waals surface area contributed by atoms with E-state index in [2.05, 4.69) is 28.7 Å². The summed E-state index contributed by atoms with van der Waals surface area (Å²) >= 11 is 1.58. The minimum Gasteiger partial charge on any atom is -0.346 e. The summed E-state index contributed by atoms with van der Waals surface area (Å²) in [6, 6.07) is 7.65. The largest absolute Gasteiger partial charge is 0.346 e. The lowest BCUT2D eigenvalue weighted by atomic mass is 10.2. The average Bonchev–Trinajstić information content (AvgIpc) is 2.91. The van der Waals surface area contributed by atoms with Crippen LogP contribution in [-0.2, 0) is 13.1 Å². The SMILES string of the molecule is CSc1ccccc1C(=O)NCc1cncn1CC(C)C. The Morgan fingerprint density at radius 3 is 2.86 bits per heavy atom. The third kappa shape index (κ3) is 4.11. The lowest BCUT2D eigenvalue weighted by molar-refractivity contribution is 0.0947. The number of benzene rings is 1. The molecule has 1 aromatic carbocycles. The maximum atomic E-state index is 12.3. The third-order valence-corrected chi connectivity index (χ3v) is 3.94. The molecule has 1 amide bonds. The molecule has 2 aromatic rings. The van der Waals surface area contributed by atoms with Gasteiger partial charge in [-0.2, -0.15) is 0 Å². The molecule has 0 aliphatic heterocycles. The summed E-state index contributed by atoms with van der Waals surface area (Å²) in [5, 5.41) is 2.98. The van der Waals surface area contributed by atoms with Crippen molar-refractivity contribution in [2.45, 2.75) is 31.8 Å². The van der Waals surface area contributed by atoms with Gasteiger partial charge in [0.05, 0.1) is 24.1 Å². The first kappa shape index (κ1) is 15.6. The standard InChI is InChI=1S/C16H21N3OS/c1-12(2)10-19-11-17-8-13(19)9-18-16(20)14-6-4-5-7-15(14)21-3/h4-8,11-12H,9-10H2,1-3H3,(H,18,20). The lowest BCUT2D eigenvalue weighted by Crippen LogP contribution is -2.25. The van der Waals surface area contributed by atoms with Crippen molar-refractivity contribution in [3.8, 4) is 0 Å². The van der Waals surface area contributed by atoms with Crippen LogP contribution in [0.5, 0.6) is 0 Å². The molecule has 1 heterocycles. The number of aromatic nitrogens is 2. The van der Waals surface area contributed by atoms with Crippen LogP contribution in [0.4, 0.5) is 0 Å². The molecule has 0 bridgehead atoms. The zero-order valence-electron chi connectivity index (χ0n) is 12.7. The summed E-state index contributed by atoms with van der Waals surface area (Å²) in [5.74, 6) is 0.503. The average molecular weight is 303 g/mol. The highest BCUT2D eigenvalue weighted by Crippen LogP contribution is 2.19. The zero-order chi connectivity index (χ0) is 15.2. The second-order valence-electron chi connectivity index (χ2n) is 5.31. The van der Waals surface area contributed by atoms with E-state index in [0.29, 0.717) is 12.5 Å². The van der Waals surface area contributed by atoms with Crippen molar-refractivity contribution >= 4 is 17.7 Å². The first-order valence-corrected chi connectivity index (χ1v) is 8.24. The van der Waals surface area contributed by atoms with Gasteiger partial charge in [-0.15, -0.1) is 11.8 Å². The highest BCUT2D eigenvalue weighted by atomic mass is 32.2. The number of carbonyl (C=O) groups is 1.